The lowest BCUT2D eigenvalue weighted by molar-refractivity contribution is -0.136. The van der Waals surface area contributed by atoms with E-state index in [-0.39, 0.29) is 11.3 Å². The molecule has 4 nitrogen and oxygen atoms in total. The zero-order valence-electron chi connectivity index (χ0n) is 6.90. The SMILES string of the molecule is Cc1cc(CC(=O)O)sc1C(=O)O. The molecule has 0 aliphatic carbocycles. The quantitative estimate of drug-likeness (QED) is 0.773. The van der Waals surface area contributed by atoms with Crippen LogP contribution in [0.3, 0.4) is 0 Å². The second kappa shape index (κ2) is 3.57. The van der Waals surface area contributed by atoms with Gasteiger partial charge in [0.15, 0.2) is 0 Å². The zero-order valence-corrected chi connectivity index (χ0v) is 7.72. The third-order valence-corrected chi connectivity index (χ3v) is 2.71. The van der Waals surface area contributed by atoms with Gasteiger partial charge in [-0.15, -0.1) is 11.3 Å². The summed E-state index contributed by atoms with van der Waals surface area (Å²) in [5, 5.41) is 17.1. The van der Waals surface area contributed by atoms with E-state index in [1.54, 1.807) is 13.0 Å². The number of thiophene rings is 1. The summed E-state index contributed by atoms with van der Waals surface area (Å²) in [5.41, 5.74) is 0.619. The normalized spacial score (nSPS) is 9.92. The van der Waals surface area contributed by atoms with Crippen LogP contribution < -0.4 is 0 Å². The van der Waals surface area contributed by atoms with Crippen molar-refractivity contribution in [3.63, 3.8) is 0 Å². The predicted octanol–water partition coefficient (Wildman–Crippen LogP) is 1.38. The van der Waals surface area contributed by atoms with Gasteiger partial charge in [-0.1, -0.05) is 0 Å². The molecule has 1 aromatic heterocycles. The third-order valence-electron chi connectivity index (χ3n) is 1.49. The third kappa shape index (κ3) is 2.29. The molecule has 1 rings (SSSR count). The van der Waals surface area contributed by atoms with E-state index in [4.69, 9.17) is 10.2 Å². The number of aliphatic carboxylic acids is 1. The maximum Gasteiger partial charge on any atom is 0.346 e. The molecule has 0 fully saturated rings. The highest BCUT2D eigenvalue weighted by molar-refractivity contribution is 7.14. The molecule has 0 aromatic carbocycles. The summed E-state index contributed by atoms with van der Waals surface area (Å²) in [6.45, 7) is 1.66. The number of carboxylic acids is 2. The van der Waals surface area contributed by atoms with Gasteiger partial charge in [-0.05, 0) is 18.6 Å². The first kappa shape index (κ1) is 9.73. The fourth-order valence-electron chi connectivity index (χ4n) is 0.997. The molecule has 70 valence electrons. The van der Waals surface area contributed by atoms with Crippen LogP contribution in [-0.4, -0.2) is 22.2 Å². The van der Waals surface area contributed by atoms with Gasteiger partial charge in [0.2, 0.25) is 0 Å². The van der Waals surface area contributed by atoms with Crippen molar-refractivity contribution < 1.29 is 19.8 Å². The average Bonchev–Trinajstić information content (AvgIpc) is 2.29. The van der Waals surface area contributed by atoms with Crippen LogP contribution in [0.5, 0.6) is 0 Å². The lowest BCUT2D eigenvalue weighted by Crippen LogP contribution is -1.97. The van der Waals surface area contributed by atoms with Crippen LogP contribution in [-0.2, 0) is 11.2 Å². The van der Waals surface area contributed by atoms with Gasteiger partial charge in [-0.25, -0.2) is 4.79 Å². The van der Waals surface area contributed by atoms with Crippen LogP contribution in [0.2, 0.25) is 0 Å². The van der Waals surface area contributed by atoms with Crippen molar-refractivity contribution in [2.45, 2.75) is 13.3 Å². The summed E-state index contributed by atoms with van der Waals surface area (Å²) < 4.78 is 0. The van der Waals surface area contributed by atoms with Crippen molar-refractivity contribution in [1.82, 2.24) is 0 Å². The Balaban J connectivity index is 2.95. The number of hydrogen-bond donors (Lipinski definition) is 2. The Morgan fingerprint density at radius 1 is 1.46 bits per heavy atom. The Morgan fingerprint density at radius 2 is 2.08 bits per heavy atom. The van der Waals surface area contributed by atoms with Gasteiger partial charge in [0.1, 0.15) is 4.88 Å². The molecule has 13 heavy (non-hydrogen) atoms. The Bertz CT molecular complexity index is 353. The number of rotatable bonds is 3. The zero-order chi connectivity index (χ0) is 10.0. The van der Waals surface area contributed by atoms with Crippen molar-refractivity contribution in [2.24, 2.45) is 0 Å². The van der Waals surface area contributed by atoms with E-state index in [9.17, 15) is 9.59 Å². The summed E-state index contributed by atoms with van der Waals surface area (Å²) in [4.78, 5) is 21.7. The number of carboxylic acid groups (broad SMARTS) is 2. The molecule has 0 saturated carbocycles. The van der Waals surface area contributed by atoms with Gasteiger partial charge < -0.3 is 10.2 Å². The minimum atomic E-state index is -1.00. The predicted molar refractivity (Wildman–Crippen MR) is 47.4 cm³/mol. The molecular formula is C8H8O4S. The van der Waals surface area contributed by atoms with Crippen LogP contribution in [0, 0.1) is 6.92 Å². The van der Waals surface area contributed by atoms with Crippen LogP contribution in [0.4, 0.5) is 0 Å². The van der Waals surface area contributed by atoms with E-state index in [1.165, 1.54) is 0 Å². The molecule has 0 amide bonds. The Labute approximate surface area is 78.4 Å². The Hall–Kier alpha value is -1.36. The fraction of sp³-hybridized carbons (Fsp3) is 0.250. The molecule has 5 heteroatoms. The number of hydrogen-bond acceptors (Lipinski definition) is 3. The first-order valence-corrected chi connectivity index (χ1v) is 4.36. The molecule has 2 N–H and O–H groups in total. The van der Waals surface area contributed by atoms with Crippen LogP contribution >= 0.6 is 11.3 Å². The molecule has 0 unspecified atom stereocenters. The maximum atomic E-state index is 10.6. The number of aryl methyl sites for hydroxylation is 1. The lowest BCUT2D eigenvalue weighted by Gasteiger charge is -1.87. The fourth-order valence-corrected chi connectivity index (χ4v) is 2.00. The molecule has 0 radical (unpaired) electrons. The Kier molecular flexibility index (Phi) is 2.67. The molecule has 0 aliphatic rings. The van der Waals surface area contributed by atoms with Gasteiger partial charge in [0.05, 0.1) is 6.42 Å². The van der Waals surface area contributed by atoms with Gasteiger partial charge >= 0.3 is 11.9 Å². The van der Waals surface area contributed by atoms with Crippen molar-refractivity contribution in [1.29, 1.82) is 0 Å². The van der Waals surface area contributed by atoms with Gasteiger partial charge in [0, 0.05) is 4.88 Å². The minimum absolute atomic E-state index is 0.112. The first-order chi connectivity index (χ1) is 6.00. The van der Waals surface area contributed by atoms with Gasteiger partial charge in [0.25, 0.3) is 0 Å². The Morgan fingerprint density at radius 3 is 2.46 bits per heavy atom. The highest BCUT2D eigenvalue weighted by atomic mass is 32.1. The largest absolute Gasteiger partial charge is 0.481 e. The van der Waals surface area contributed by atoms with Crippen LogP contribution in [0.1, 0.15) is 20.1 Å². The van der Waals surface area contributed by atoms with Gasteiger partial charge in [-0.3, -0.25) is 4.79 Å². The maximum absolute atomic E-state index is 10.6. The van der Waals surface area contributed by atoms with Crippen LogP contribution in [0.25, 0.3) is 0 Å². The smallest absolute Gasteiger partial charge is 0.346 e. The number of aromatic carboxylic acids is 1. The summed E-state index contributed by atoms with van der Waals surface area (Å²) in [7, 11) is 0. The van der Waals surface area contributed by atoms with E-state index >= 15 is 0 Å². The summed E-state index contributed by atoms with van der Waals surface area (Å²) in [6, 6.07) is 1.60. The topological polar surface area (TPSA) is 74.6 Å². The first-order valence-electron chi connectivity index (χ1n) is 3.55. The molecular weight excluding hydrogens is 192 g/mol. The van der Waals surface area contributed by atoms with Gasteiger partial charge in [-0.2, -0.15) is 0 Å². The standard InChI is InChI=1S/C8H8O4S/c1-4-2-5(3-6(9)10)13-7(4)8(11)12/h2H,3H2,1H3,(H,9,10)(H,11,12). The van der Waals surface area contributed by atoms with Crippen molar-refractivity contribution in [3.8, 4) is 0 Å². The molecule has 1 heterocycles. The van der Waals surface area contributed by atoms with E-state index < -0.39 is 11.9 Å². The average molecular weight is 200 g/mol. The second-order valence-electron chi connectivity index (χ2n) is 2.60. The second-order valence-corrected chi connectivity index (χ2v) is 3.74. The summed E-state index contributed by atoms with van der Waals surface area (Å²) >= 11 is 1.02. The molecule has 1 aromatic rings. The highest BCUT2D eigenvalue weighted by Crippen LogP contribution is 2.22. The molecule has 0 atom stereocenters. The van der Waals surface area contributed by atoms with Crippen molar-refractivity contribution in [2.75, 3.05) is 0 Å². The van der Waals surface area contributed by atoms with E-state index in [0.717, 1.165) is 11.3 Å². The molecule has 0 aliphatic heterocycles. The summed E-state index contributed by atoms with van der Waals surface area (Å²) in [5.74, 6) is -1.95. The van der Waals surface area contributed by atoms with Crippen LogP contribution in [0.15, 0.2) is 6.07 Å². The van der Waals surface area contributed by atoms with Crippen molar-refractivity contribution >= 4 is 23.3 Å². The summed E-state index contributed by atoms with van der Waals surface area (Å²) in [6.07, 6.45) is -0.112. The van der Waals surface area contributed by atoms with Crippen molar-refractivity contribution in [3.05, 3.63) is 21.4 Å². The molecule has 0 saturated heterocycles. The highest BCUT2D eigenvalue weighted by Gasteiger charge is 2.13. The molecule has 0 bridgehead atoms. The number of carbonyl (C=O) groups is 2. The van der Waals surface area contributed by atoms with E-state index in [1.807, 2.05) is 0 Å². The minimum Gasteiger partial charge on any atom is -0.481 e. The molecule has 0 spiro atoms. The monoisotopic (exact) mass is 200 g/mol. The van der Waals surface area contributed by atoms with E-state index in [2.05, 4.69) is 0 Å². The van der Waals surface area contributed by atoms with E-state index in [0.29, 0.717) is 10.4 Å². The lowest BCUT2D eigenvalue weighted by atomic mass is 10.2.